The molecule has 134 valence electrons. The van der Waals surface area contributed by atoms with E-state index in [9.17, 15) is 4.79 Å². The maximum Gasteiger partial charge on any atom is 0.236 e. The van der Waals surface area contributed by atoms with Gasteiger partial charge in [-0.25, -0.2) is 4.98 Å². The van der Waals surface area contributed by atoms with Gasteiger partial charge in [0.25, 0.3) is 0 Å². The summed E-state index contributed by atoms with van der Waals surface area (Å²) in [6.07, 6.45) is 4.44. The Hall–Kier alpha value is -1.85. The van der Waals surface area contributed by atoms with Crippen molar-refractivity contribution in [2.24, 2.45) is 0 Å². The molecule has 0 unspecified atom stereocenters. The van der Waals surface area contributed by atoms with Crippen LogP contribution in [0.5, 0.6) is 0 Å². The van der Waals surface area contributed by atoms with Gasteiger partial charge in [-0.05, 0) is 44.6 Å². The lowest BCUT2D eigenvalue weighted by Gasteiger charge is -2.32. The van der Waals surface area contributed by atoms with Crippen LogP contribution in [-0.4, -0.2) is 54.4 Å². The van der Waals surface area contributed by atoms with Crippen LogP contribution < -0.4 is 0 Å². The minimum absolute atomic E-state index is 0.167. The average molecular weight is 362 g/mol. The molecule has 1 aromatic heterocycles. The minimum atomic E-state index is 0.167. The number of aromatic nitrogens is 1. The van der Waals surface area contributed by atoms with Crippen molar-refractivity contribution < 1.29 is 9.21 Å². The van der Waals surface area contributed by atoms with Gasteiger partial charge in [0.2, 0.25) is 5.91 Å². The van der Waals surface area contributed by atoms with E-state index in [1.54, 1.807) is 6.20 Å². The number of oxazole rings is 1. The van der Waals surface area contributed by atoms with Crippen molar-refractivity contribution >= 4 is 17.5 Å². The number of rotatable bonds is 5. The topological polar surface area (TPSA) is 49.6 Å². The Labute approximate surface area is 153 Å². The number of benzene rings is 1. The Kier molecular flexibility index (Phi) is 5.76. The normalized spacial score (nSPS) is 17.9. The predicted molar refractivity (Wildman–Crippen MR) is 97.9 cm³/mol. The highest BCUT2D eigenvalue weighted by Gasteiger charge is 2.27. The molecule has 0 aliphatic carbocycles. The van der Waals surface area contributed by atoms with E-state index in [0.717, 1.165) is 41.6 Å². The van der Waals surface area contributed by atoms with E-state index in [-0.39, 0.29) is 11.8 Å². The molecule has 1 aliphatic rings. The van der Waals surface area contributed by atoms with Gasteiger partial charge in [-0.1, -0.05) is 23.7 Å². The van der Waals surface area contributed by atoms with Crippen molar-refractivity contribution in [1.82, 2.24) is 14.8 Å². The van der Waals surface area contributed by atoms with Gasteiger partial charge in [-0.2, -0.15) is 0 Å². The molecule has 0 N–H and O–H groups in total. The summed E-state index contributed by atoms with van der Waals surface area (Å²) in [6.45, 7) is 1.95. The molecule has 5 nitrogen and oxygen atoms in total. The van der Waals surface area contributed by atoms with Gasteiger partial charge in [0.1, 0.15) is 5.76 Å². The van der Waals surface area contributed by atoms with Crippen LogP contribution in [0, 0.1) is 0 Å². The lowest BCUT2D eigenvalue weighted by atomic mass is 9.98. The molecule has 1 atom stereocenters. The Morgan fingerprint density at radius 1 is 1.44 bits per heavy atom. The highest BCUT2D eigenvalue weighted by Crippen LogP contribution is 2.27. The van der Waals surface area contributed by atoms with Gasteiger partial charge < -0.3 is 14.2 Å². The van der Waals surface area contributed by atoms with Gasteiger partial charge in [0.05, 0.1) is 18.7 Å². The third-order valence-corrected chi connectivity index (χ3v) is 4.65. The highest BCUT2D eigenvalue weighted by atomic mass is 35.5. The smallest absolute Gasteiger partial charge is 0.236 e. The molecule has 0 saturated carbocycles. The Morgan fingerprint density at radius 3 is 3.04 bits per heavy atom. The number of carbonyl (C=O) groups is 1. The number of piperidine rings is 1. The molecule has 1 aromatic carbocycles. The quantitative estimate of drug-likeness (QED) is 0.820. The summed E-state index contributed by atoms with van der Waals surface area (Å²) in [5, 5.41) is 0.722. The number of amides is 1. The van der Waals surface area contributed by atoms with E-state index in [1.165, 1.54) is 0 Å². The zero-order valence-corrected chi connectivity index (χ0v) is 15.5. The molecule has 1 amide bonds. The average Bonchev–Trinajstić information content (AvgIpc) is 3.03. The molecule has 2 aromatic rings. The molecule has 25 heavy (non-hydrogen) atoms. The maximum absolute atomic E-state index is 12.3. The van der Waals surface area contributed by atoms with Crippen LogP contribution in [0.4, 0.5) is 0 Å². The molecule has 0 radical (unpaired) electrons. The van der Waals surface area contributed by atoms with E-state index in [4.69, 9.17) is 16.0 Å². The van der Waals surface area contributed by atoms with E-state index in [0.29, 0.717) is 19.5 Å². The molecule has 1 aliphatic heterocycles. The summed E-state index contributed by atoms with van der Waals surface area (Å²) in [4.78, 5) is 20.6. The predicted octanol–water partition coefficient (Wildman–Crippen LogP) is 3.19. The first-order valence-electron chi connectivity index (χ1n) is 8.63. The van der Waals surface area contributed by atoms with Crippen molar-refractivity contribution in [1.29, 1.82) is 0 Å². The lowest BCUT2D eigenvalue weighted by Crippen LogP contribution is -2.43. The summed E-state index contributed by atoms with van der Waals surface area (Å²) >= 11 is 6.03. The van der Waals surface area contributed by atoms with Crippen molar-refractivity contribution in [3.8, 4) is 0 Å². The van der Waals surface area contributed by atoms with E-state index in [1.807, 2.05) is 48.2 Å². The second-order valence-corrected chi connectivity index (χ2v) is 7.32. The number of likely N-dealkylation sites (N-methyl/N-ethyl adjacent to an activating group) is 1. The van der Waals surface area contributed by atoms with Crippen LogP contribution in [0.1, 0.15) is 36.0 Å². The fraction of sp³-hybridized carbons (Fsp3) is 0.474. The molecule has 0 bridgehead atoms. The van der Waals surface area contributed by atoms with Crippen LogP contribution in [0.2, 0.25) is 5.02 Å². The van der Waals surface area contributed by atoms with Crippen molar-refractivity contribution in [3.63, 3.8) is 0 Å². The van der Waals surface area contributed by atoms with Crippen LogP contribution >= 0.6 is 11.6 Å². The van der Waals surface area contributed by atoms with Crippen LogP contribution in [0.3, 0.4) is 0 Å². The minimum Gasteiger partial charge on any atom is -0.445 e. The number of carbonyl (C=O) groups excluding carboxylic acids is 1. The summed E-state index contributed by atoms with van der Waals surface area (Å²) < 4.78 is 5.97. The van der Waals surface area contributed by atoms with Gasteiger partial charge in [0.15, 0.2) is 5.89 Å². The van der Waals surface area contributed by atoms with Gasteiger partial charge in [0, 0.05) is 24.5 Å². The second-order valence-electron chi connectivity index (χ2n) is 6.89. The summed E-state index contributed by atoms with van der Waals surface area (Å²) in [5.74, 6) is 1.90. The zero-order valence-electron chi connectivity index (χ0n) is 14.7. The Bertz CT molecular complexity index is 729. The van der Waals surface area contributed by atoms with Crippen molar-refractivity contribution in [2.75, 3.05) is 33.7 Å². The summed E-state index contributed by atoms with van der Waals surface area (Å²) in [5.41, 5.74) is 1.10. The first-order valence-corrected chi connectivity index (χ1v) is 9.00. The largest absolute Gasteiger partial charge is 0.445 e. The molecule has 6 heteroatoms. The number of hydrogen-bond acceptors (Lipinski definition) is 4. The number of halogens is 1. The molecule has 3 rings (SSSR count). The van der Waals surface area contributed by atoms with E-state index in [2.05, 4.69) is 4.98 Å². The summed E-state index contributed by atoms with van der Waals surface area (Å²) in [6, 6.07) is 7.75. The first-order chi connectivity index (χ1) is 12.0. The summed E-state index contributed by atoms with van der Waals surface area (Å²) in [7, 11) is 3.82. The van der Waals surface area contributed by atoms with Gasteiger partial charge in [-0.3, -0.25) is 4.79 Å². The second kappa shape index (κ2) is 8.02. The Morgan fingerprint density at radius 2 is 2.28 bits per heavy atom. The first kappa shape index (κ1) is 18.0. The third-order valence-electron chi connectivity index (χ3n) is 4.41. The van der Waals surface area contributed by atoms with E-state index < -0.39 is 0 Å². The molecular formula is C19H24ClN3O2. The molecular weight excluding hydrogens is 338 g/mol. The maximum atomic E-state index is 12.3. The molecule has 0 spiro atoms. The molecule has 1 fully saturated rings. The number of nitrogens with zero attached hydrogens (tertiary/aromatic N) is 3. The SMILES string of the molecule is CN(C)CC(=O)N1CCC[C@@H](c2ncc(Cc3cccc(Cl)c3)o2)C1. The van der Waals surface area contributed by atoms with Crippen molar-refractivity contribution in [2.45, 2.75) is 25.2 Å². The van der Waals surface area contributed by atoms with Crippen LogP contribution in [0.25, 0.3) is 0 Å². The Balaban J connectivity index is 1.64. The van der Waals surface area contributed by atoms with E-state index >= 15 is 0 Å². The molecule has 1 saturated heterocycles. The fourth-order valence-electron chi connectivity index (χ4n) is 3.22. The van der Waals surface area contributed by atoms with Crippen molar-refractivity contribution in [3.05, 3.63) is 52.7 Å². The van der Waals surface area contributed by atoms with Gasteiger partial charge in [-0.15, -0.1) is 0 Å². The molecule has 2 heterocycles. The standard InChI is InChI=1S/C19H24ClN3O2/c1-22(2)13-18(24)23-8-4-6-15(12-23)19-21-11-17(25-19)10-14-5-3-7-16(20)9-14/h3,5,7,9,11,15H,4,6,8,10,12-13H2,1-2H3/t15-/m1/s1. The number of likely N-dealkylation sites (tertiary alicyclic amines) is 1. The highest BCUT2D eigenvalue weighted by molar-refractivity contribution is 6.30. The zero-order chi connectivity index (χ0) is 17.8. The van der Waals surface area contributed by atoms with Crippen LogP contribution in [0.15, 0.2) is 34.9 Å². The monoisotopic (exact) mass is 361 g/mol. The third kappa shape index (κ3) is 4.83. The van der Waals surface area contributed by atoms with Gasteiger partial charge >= 0.3 is 0 Å². The lowest BCUT2D eigenvalue weighted by molar-refractivity contribution is -0.133. The number of hydrogen-bond donors (Lipinski definition) is 0. The fourth-order valence-corrected chi connectivity index (χ4v) is 3.43. The van der Waals surface area contributed by atoms with Crippen LogP contribution in [-0.2, 0) is 11.2 Å².